The van der Waals surface area contributed by atoms with Crippen molar-refractivity contribution in [2.45, 2.75) is 60.4 Å². The van der Waals surface area contributed by atoms with Gasteiger partial charge in [-0.1, -0.05) is 68.5 Å². The molecule has 1 rings (SSSR count). The fourth-order valence-electron chi connectivity index (χ4n) is 3.34. The average Bonchev–Trinajstić information content (AvgIpc) is 2.41. The topological polar surface area (TPSA) is 0 Å². The molecule has 0 N–H and O–H groups in total. The standard InChI is InChI=1S/C15H28Si2.2ClH.Ti/c1-11-12(2)14(4)15(13(11)3)17(8,9)10-16(5,6)7;;;/h10H,1-9H3;2*1H;/q-1;;;+2/p-2. The zero-order valence-electron chi connectivity index (χ0n) is 14.3. The third-order valence-corrected chi connectivity index (χ3v) is 12.3. The van der Waals surface area contributed by atoms with Crippen molar-refractivity contribution < 1.29 is 17.0 Å². The van der Waals surface area contributed by atoms with Crippen LogP contribution in [0.4, 0.5) is 0 Å². The van der Waals surface area contributed by atoms with Crippen molar-refractivity contribution in [2.24, 2.45) is 0 Å². The second kappa shape index (κ2) is 8.54. The second-order valence-corrected chi connectivity index (χ2v) is 19.6. The zero-order valence-corrected chi connectivity index (χ0v) is 19.4. The van der Waals surface area contributed by atoms with Gasteiger partial charge in [-0.3, -0.25) is 0 Å². The van der Waals surface area contributed by atoms with Crippen molar-refractivity contribution in [1.29, 1.82) is 0 Å². The number of halogens is 2. The number of hydrogen-bond acceptors (Lipinski definition) is 0. The fraction of sp³-hybridized carbons (Fsp3) is 0.600. The predicted octanol–water partition coefficient (Wildman–Crippen LogP) is 6.20. The molecular formula is C15H28Cl2Si2Ti-. The molecule has 0 aromatic heterocycles. The molecule has 0 aliphatic heterocycles. The Morgan fingerprint density at radius 3 is 1.30 bits per heavy atom. The summed E-state index contributed by atoms with van der Waals surface area (Å²) in [5.74, 6) is 6.15. The Hall–Kier alpha value is 1.73. The summed E-state index contributed by atoms with van der Waals surface area (Å²) in [6, 6.07) is 0. The van der Waals surface area contributed by atoms with Gasteiger partial charge in [-0.15, -0.1) is 8.07 Å². The molecule has 115 valence electrons. The van der Waals surface area contributed by atoms with E-state index in [1.165, 1.54) is 11.8 Å². The van der Waals surface area contributed by atoms with Crippen LogP contribution in [0.3, 0.4) is 0 Å². The minimum absolute atomic E-state index is 0.556. The molecule has 1 aliphatic rings. The third-order valence-electron chi connectivity index (χ3n) is 3.88. The summed E-state index contributed by atoms with van der Waals surface area (Å²) in [5, 5.41) is 0. The average molecular weight is 383 g/mol. The molecule has 0 bridgehead atoms. The Bertz CT molecular complexity index is 278. The van der Waals surface area contributed by atoms with Gasteiger partial charge in [0.2, 0.25) is 0 Å². The Labute approximate surface area is 146 Å². The van der Waals surface area contributed by atoms with Crippen LogP contribution in [-0.4, -0.2) is 16.1 Å². The van der Waals surface area contributed by atoms with E-state index < -0.39 is 33.2 Å². The summed E-state index contributed by atoms with van der Waals surface area (Å²) in [4.78, 5) is 0. The molecule has 0 saturated heterocycles. The maximum atomic E-state index is 4.89. The van der Waals surface area contributed by atoms with Crippen molar-refractivity contribution in [3.05, 3.63) is 34.9 Å². The molecule has 0 nitrogen and oxygen atoms in total. The van der Waals surface area contributed by atoms with Gasteiger partial charge in [0.25, 0.3) is 0 Å². The number of rotatable bonds is 3. The molecule has 0 aromatic rings. The Morgan fingerprint density at radius 2 is 1.05 bits per heavy atom. The summed E-state index contributed by atoms with van der Waals surface area (Å²) >= 11 is -0.556. The molecule has 0 atom stereocenters. The van der Waals surface area contributed by atoms with Crippen molar-refractivity contribution in [3.8, 4) is 0 Å². The molecule has 1 saturated carbocycles. The molecular weight excluding hydrogens is 355 g/mol. The Morgan fingerprint density at radius 1 is 0.750 bits per heavy atom. The van der Waals surface area contributed by atoms with Crippen LogP contribution in [0.5, 0.6) is 0 Å². The van der Waals surface area contributed by atoms with Gasteiger partial charge in [-0.25, -0.2) is 0 Å². The van der Waals surface area contributed by atoms with E-state index in [4.69, 9.17) is 18.6 Å². The van der Waals surface area contributed by atoms with E-state index in [0.29, 0.717) is 0 Å². The first kappa shape index (κ1) is 21.7. The van der Waals surface area contributed by atoms with Crippen LogP contribution < -0.4 is 0 Å². The van der Waals surface area contributed by atoms with E-state index in [1.54, 1.807) is 17.4 Å². The molecule has 0 spiro atoms. The van der Waals surface area contributed by atoms with Gasteiger partial charge >= 0.3 is 35.6 Å². The van der Waals surface area contributed by atoms with Crippen LogP contribution in [0.25, 0.3) is 0 Å². The van der Waals surface area contributed by atoms with Gasteiger partial charge in [-0.05, 0) is 29.2 Å². The quantitative estimate of drug-likeness (QED) is 0.402. The van der Waals surface area contributed by atoms with Gasteiger partial charge in [0.1, 0.15) is 0 Å². The second-order valence-electron chi connectivity index (χ2n) is 7.18. The molecule has 20 heavy (non-hydrogen) atoms. The van der Waals surface area contributed by atoms with E-state index in [-0.39, 0.29) is 0 Å². The third kappa shape index (κ3) is 6.08. The summed E-state index contributed by atoms with van der Waals surface area (Å²) in [5.41, 5.74) is 4.46. The van der Waals surface area contributed by atoms with Crippen molar-refractivity contribution in [2.75, 3.05) is 0 Å². The van der Waals surface area contributed by atoms with E-state index in [1.807, 2.05) is 0 Å². The summed E-state index contributed by atoms with van der Waals surface area (Å²) in [7, 11) is 7.31. The van der Waals surface area contributed by atoms with E-state index in [2.05, 4.69) is 66.1 Å². The first-order chi connectivity index (χ1) is 8.89. The van der Waals surface area contributed by atoms with E-state index in [0.717, 1.165) is 0 Å². The monoisotopic (exact) mass is 382 g/mol. The van der Waals surface area contributed by atoms with Gasteiger partial charge in [0.05, 0.1) is 0 Å². The predicted molar refractivity (Wildman–Crippen MR) is 95.7 cm³/mol. The first-order valence-corrected chi connectivity index (χ1v) is 17.9. The summed E-state index contributed by atoms with van der Waals surface area (Å²) < 4.78 is 0. The molecule has 0 unspecified atom stereocenters. The van der Waals surface area contributed by atoms with Gasteiger partial charge in [0, 0.05) is 0 Å². The molecule has 0 amide bonds. The number of hydrogen-bond donors (Lipinski definition) is 0. The molecule has 5 radical (unpaired) electrons. The van der Waals surface area contributed by atoms with Crippen LogP contribution in [-0.2, 0) is 17.0 Å². The molecule has 0 heterocycles. The van der Waals surface area contributed by atoms with Crippen LogP contribution in [0.1, 0.15) is 27.7 Å². The van der Waals surface area contributed by atoms with Gasteiger partial charge < -0.3 is 5.67 Å². The van der Waals surface area contributed by atoms with Crippen LogP contribution >= 0.6 is 18.6 Å². The van der Waals surface area contributed by atoms with Crippen molar-refractivity contribution in [3.63, 3.8) is 0 Å². The maximum absolute atomic E-state index is 4.89. The van der Waals surface area contributed by atoms with Crippen LogP contribution in [0.2, 0.25) is 32.7 Å². The van der Waals surface area contributed by atoms with Crippen LogP contribution in [0, 0.1) is 34.9 Å². The normalized spacial score (nSPS) is 20.9. The Kier molecular flexibility index (Phi) is 9.28. The summed E-state index contributed by atoms with van der Waals surface area (Å²) in [6.07, 6.45) is 0. The zero-order chi connectivity index (χ0) is 16.3. The fourth-order valence-corrected chi connectivity index (χ4v) is 14.9. The van der Waals surface area contributed by atoms with Crippen LogP contribution in [0.15, 0.2) is 0 Å². The Balaban J connectivity index is 0.00000110. The molecule has 5 heteroatoms. The first-order valence-electron chi connectivity index (χ1n) is 6.96. The molecule has 1 fully saturated rings. The van der Waals surface area contributed by atoms with Gasteiger partial charge in [-0.2, -0.15) is 0 Å². The van der Waals surface area contributed by atoms with E-state index >= 15 is 0 Å². The van der Waals surface area contributed by atoms with Gasteiger partial charge in [0.15, 0.2) is 0 Å². The van der Waals surface area contributed by atoms with E-state index in [9.17, 15) is 0 Å². The molecule has 1 aliphatic carbocycles. The summed E-state index contributed by atoms with van der Waals surface area (Å²) in [6.45, 7) is 21.6. The minimum atomic E-state index is -1.38. The van der Waals surface area contributed by atoms with Crippen molar-refractivity contribution >= 4 is 34.8 Å². The molecule has 0 aromatic carbocycles. The van der Waals surface area contributed by atoms with Crippen molar-refractivity contribution in [1.82, 2.24) is 0 Å². The SMILES string of the molecule is C[C]1[C](C)[C](C)[C]([Si](C)(C)[CH-][Si](C)(C)C)[C]1C.[Cl][Ti][Cl].